The lowest BCUT2D eigenvalue weighted by atomic mass is 9.82. The first-order valence-corrected chi connectivity index (χ1v) is 6.59. The third kappa shape index (κ3) is 2.37. The van der Waals surface area contributed by atoms with Crippen LogP contribution in [0.1, 0.15) is 42.9 Å². The monoisotopic (exact) mass is 259 g/mol. The maximum atomic E-state index is 13.0. The van der Waals surface area contributed by atoms with Gasteiger partial charge in [-0.3, -0.25) is 4.98 Å². The summed E-state index contributed by atoms with van der Waals surface area (Å²) in [6.07, 6.45) is 2.92. The zero-order chi connectivity index (χ0) is 13.2. The van der Waals surface area contributed by atoms with E-state index in [-0.39, 0.29) is 5.56 Å². The molecule has 0 radical (unpaired) electrons. The third-order valence-electron chi connectivity index (χ3n) is 3.82. The molecule has 3 rings (SSSR count). The maximum Gasteiger partial charge on any atom is 0.264 e. The van der Waals surface area contributed by atoms with Crippen molar-refractivity contribution in [2.45, 2.75) is 31.6 Å². The number of halogens is 2. The van der Waals surface area contributed by atoms with E-state index in [4.69, 9.17) is 0 Å². The van der Waals surface area contributed by atoms with Gasteiger partial charge in [0.1, 0.15) is 0 Å². The summed E-state index contributed by atoms with van der Waals surface area (Å²) < 4.78 is 25.9. The van der Waals surface area contributed by atoms with Crippen LogP contribution in [-0.2, 0) is 0 Å². The lowest BCUT2D eigenvalue weighted by Gasteiger charge is -2.24. The minimum Gasteiger partial charge on any atom is -0.260 e. The summed E-state index contributed by atoms with van der Waals surface area (Å²) in [5.41, 5.74) is 2.49. The number of pyridine rings is 1. The summed E-state index contributed by atoms with van der Waals surface area (Å²) in [5, 5.41) is 0. The molecule has 3 heteroatoms. The van der Waals surface area contributed by atoms with Crippen molar-refractivity contribution >= 4 is 0 Å². The molecule has 1 aliphatic rings. The minimum absolute atomic E-state index is 0.0701. The Hall–Kier alpha value is -1.77. The van der Waals surface area contributed by atoms with E-state index in [2.05, 4.69) is 4.98 Å². The van der Waals surface area contributed by atoms with E-state index in [1.165, 1.54) is 25.3 Å². The van der Waals surface area contributed by atoms with Crippen molar-refractivity contribution < 1.29 is 8.78 Å². The zero-order valence-electron chi connectivity index (χ0n) is 10.5. The summed E-state index contributed by atoms with van der Waals surface area (Å²) in [4.78, 5) is 4.43. The van der Waals surface area contributed by atoms with Crippen molar-refractivity contribution in [1.29, 1.82) is 0 Å². The maximum absolute atomic E-state index is 13.0. The first-order valence-electron chi connectivity index (χ1n) is 6.59. The summed E-state index contributed by atoms with van der Waals surface area (Å²) in [5.74, 6) is 0.569. The average molecular weight is 259 g/mol. The fourth-order valence-electron chi connectivity index (χ4n) is 2.46. The van der Waals surface area contributed by atoms with Crippen molar-refractivity contribution in [3.8, 4) is 11.1 Å². The molecule has 0 atom stereocenters. The van der Waals surface area contributed by atoms with Gasteiger partial charge in [-0.05, 0) is 24.5 Å². The molecule has 0 aliphatic heterocycles. The predicted octanol–water partition coefficient (Wildman–Crippen LogP) is 4.95. The fraction of sp³-hybridized carbons (Fsp3) is 0.312. The molecule has 19 heavy (non-hydrogen) atoms. The summed E-state index contributed by atoms with van der Waals surface area (Å²) in [6, 6.07) is 10.5. The molecule has 1 nitrogen and oxygen atoms in total. The van der Waals surface area contributed by atoms with Gasteiger partial charge in [0, 0.05) is 28.9 Å². The highest BCUT2D eigenvalue weighted by Gasteiger charge is 2.21. The van der Waals surface area contributed by atoms with E-state index in [0.717, 1.165) is 11.3 Å². The second-order valence-corrected chi connectivity index (χ2v) is 4.99. The van der Waals surface area contributed by atoms with Gasteiger partial charge in [0.15, 0.2) is 0 Å². The van der Waals surface area contributed by atoms with Gasteiger partial charge in [-0.2, -0.15) is 0 Å². The van der Waals surface area contributed by atoms with Gasteiger partial charge in [0.05, 0.1) is 0 Å². The van der Waals surface area contributed by atoms with Gasteiger partial charge in [0.25, 0.3) is 6.43 Å². The minimum atomic E-state index is -2.46. The van der Waals surface area contributed by atoms with Crippen LogP contribution in [0.2, 0.25) is 0 Å². The van der Waals surface area contributed by atoms with Gasteiger partial charge < -0.3 is 0 Å². The standard InChI is InChI=1S/C16H15F2N/c17-16(18)14-7-2-1-6-13(14)12-8-9-15(19-10-12)11-4-3-5-11/h1-2,6-11,16H,3-5H2. The van der Waals surface area contributed by atoms with E-state index < -0.39 is 6.43 Å². The molecule has 1 aliphatic carbocycles. The topological polar surface area (TPSA) is 12.9 Å². The van der Waals surface area contributed by atoms with E-state index in [1.54, 1.807) is 24.4 Å². The van der Waals surface area contributed by atoms with Crippen LogP contribution in [0.4, 0.5) is 8.78 Å². The highest BCUT2D eigenvalue weighted by Crippen LogP contribution is 2.36. The second-order valence-electron chi connectivity index (χ2n) is 4.99. The zero-order valence-corrected chi connectivity index (χ0v) is 10.5. The molecule has 1 aromatic carbocycles. The van der Waals surface area contributed by atoms with Gasteiger partial charge in [-0.15, -0.1) is 0 Å². The van der Waals surface area contributed by atoms with Crippen molar-refractivity contribution in [2.24, 2.45) is 0 Å². The van der Waals surface area contributed by atoms with Crippen LogP contribution >= 0.6 is 0 Å². The SMILES string of the molecule is FC(F)c1ccccc1-c1ccc(C2CCC2)nc1. The Balaban J connectivity index is 1.93. The Morgan fingerprint density at radius 2 is 1.84 bits per heavy atom. The lowest BCUT2D eigenvalue weighted by Crippen LogP contribution is -2.10. The average Bonchev–Trinajstić information content (AvgIpc) is 2.37. The Morgan fingerprint density at radius 3 is 2.42 bits per heavy atom. The Morgan fingerprint density at radius 1 is 1.05 bits per heavy atom. The van der Waals surface area contributed by atoms with Crippen molar-refractivity contribution in [3.05, 3.63) is 53.9 Å². The van der Waals surface area contributed by atoms with E-state index in [1.807, 2.05) is 12.1 Å². The molecule has 0 spiro atoms. The molecule has 1 saturated carbocycles. The van der Waals surface area contributed by atoms with Gasteiger partial charge in [-0.1, -0.05) is 36.8 Å². The molecule has 1 heterocycles. The Kier molecular flexibility index (Phi) is 3.28. The largest absolute Gasteiger partial charge is 0.264 e. The molecule has 0 amide bonds. The number of nitrogens with zero attached hydrogens (tertiary/aromatic N) is 1. The summed E-state index contributed by atoms with van der Waals surface area (Å²) in [6.45, 7) is 0. The molecular formula is C16H15F2N. The highest BCUT2D eigenvalue weighted by molar-refractivity contribution is 5.66. The molecular weight excluding hydrogens is 244 g/mol. The first-order chi connectivity index (χ1) is 9.25. The van der Waals surface area contributed by atoms with Crippen molar-refractivity contribution in [1.82, 2.24) is 4.98 Å². The van der Waals surface area contributed by atoms with Crippen LogP contribution in [-0.4, -0.2) is 4.98 Å². The van der Waals surface area contributed by atoms with Crippen molar-refractivity contribution in [3.63, 3.8) is 0 Å². The van der Waals surface area contributed by atoms with Crippen LogP contribution in [0.25, 0.3) is 11.1 Å². The van der Waals surface area contributed by atoms with Crippen LogP contribution in [0.5, 0.6) is 0 Å². The molecule has 0 N–H and O–H groups in total. The van der Waals surface area contributed by atoms with Gasteiger partial charge in [0.2, 0.25) is 0 Å². The molecule has 0 bridgehead atoms. The molecule has 98 valence electrons. The summed E-state index contributed by atoms with van der Waals surface area (Å²) in [7, 11) is 0. The number of alkyl halides is 2. The Labute approximate surface area is 111 Å². The van der Waals surface area contributed by atoms with E-state index in [0.29, 0.717) is 11.5 Å². The second kappa shape index (κ2) is 5.08. The predicted molar refractivity (Wildman–Crippen MR) is 71.2 cm³/mol. The Bertz CT molecular complexity index is 559. The van der Waals surface area contributed by atoms with Gasteiger partial charge in [-0.25, -0.2) is 8.78 Å². The lowest BCUT2D eigenvalue weighted by molar-refractivity contribution is 0.152. The third-order valence-corrected chi connectivity index (χ3v) is 3.82. The number of aromatic nitrogens is 1. The van der Waals surface area contributed by atoms with Crippen LogP contribution < -0.4 is 0 Å². The molecule has 2 aromatic rings. The van der Waals surface area contributed by atoms with E-state index in [9.17, 15) is 8.78 Å². The normalized spacial score (nSPS) is 15.5. The van der Waals surface area contributed by atoms with Crippen molar-refractivity contribution in [2.75, 3.05) is 0 Å². The molecule has 1 aromatic heterocycles. The van der Waals surface area contributed by atoms with Crippen LogP contribution in [0.3, 0.4) is 0 Å². The van der Waals surface area contributed by atoms with Crippen LogP contribution in [0, 0.1) is 0 Å². The smallest absolute Gasteiger partial charge is 0.260 e. The quantitative estimate of drug-likeness (QED) is 0.759. The number of hydrogen-bond acceptors (Lipinski definition) is 1. The number of hydrogen-bond donors (Lipinski definition) is 0. The number of benzene rings is 1. The van der Waals surface area contributed by atoms with E-state index >= 15 is 0 Å². The molecule has 0 unspecified atom stereocenters. The fourth-order valence-corrected chi connectivity index (χ4v) is 2.46. The molecule has 0 saturated heterocycles. The van der Waals surface area contributed by atoms with Gasteiger partial charge >= 0.3 is 0 Å². The van der Waals surface area contributed by atoms with Crippen LogP contribution in [0.15, 0.2) is 42.6 Å². The highest BCUT2D eigenvalue weighted by atomic mass is 19.3. The summed E-state index contributed by atoms with van der Waals surface area (Å²) >= 11 is 0. The first kappa shape index (κ1) is 12.3. The molecule has 1 fully saturated rings. The number of rotatable bonds is 3.